The number of para-hydroxylation sites is 1. The molecular formula is C32H24N2. The molecule has 0 radical (unpaired) electrons. The van der Waals surface area contributed by atoms with Crippen LogP contribution in [0.3, 0.4) is 0 Å². The molecule has 2 nitrogen and oxygen atoms in total. The van der Waals surface area contributed by atoms with Crippen LogP contribution in [0.15, 0.2) is 114 Å². The minimum absolute atomic E-state index is 0.195. The highest BCUT2D eigenvalue weighted by Gasteiger charge is 2.37. The smallest absolute Gasteiger partial charge is 0.124 e. The Labute approximate surface area is 198 Å². The molecule has 1 aromatic heterocycles. The van der Waals surface area contributed by atoms with E-state index in [0.29, 0.717) is 0 Å². The van der Waals surface area contributed by atoms with Crippen molar-refractivity contribution in [1.29, 1.82) is 0 Å². The third-order valence-corrected chi connectivity index (χ3v) is 7.34. The first-order valence-electron chi connectivity index (χ1n) is 11.8. The summed E-state index contributed by atoms with van der Waals surface area (Å²) in [6.45, 7) is 4.57. The van der Waals surface area contributed by atoms with Gasteiger partial charge in [-0.15, -0.1) is 0 Å². The van der Waals surface area contributed by atoms with Gasteiger partial charge in [-0.25, -0.2) is 4.99 Å². The number of rotatable bonds is 1. The number of hydrogen-bond acceptors (Lipinski definition) is 1. The minimum atomic E-state index is -0.195. The summed E-state index contributed by atoms with van der Waals surface area (Å²) < 4.78 is 2.39. The van der Waals surface area contributed by atoms with Crippen LogP contribution in [0.4, 0.5) is 5.69 Å². The van der Waals surface area contributed by atoms with E-state index >= 15 is 0 Å². The van der Waals surface area contributed by atoms with Crippen LogP contribution in [-0.4, -0.2) is 10.4 Å². The lowest BCUT2D eigenvalue weighted by molar-refractivity contribution is 0.716. The molecule has 0 spiro atoms. The van der Waals surface area contributed by atoms with Gasteiger partial charge in [0.25, 0.3) is 0 Å². The molecule has 1 aliphatic rings. The fourth-order valence-electron chi connectivity index (χ4n) is 5.63. The van der Waals surface area contributed by atoms with Gasteiger partial charge in [-0.3, -0.25) is 4.57 Å². The summed E-state index contributed by atoms with van der Waals surface area (Å²) in [6.07, 6.45) is 0. The molecule has 5 aromatic carbocycles. The van der Waals surface area contributed by atoms with Crippen LogP contribution < -0.4 is 0 Å². The van der Waals surface area contributed by atoms with Crippen molar-refractivity contribution in [2.75, 3.05) is 0 Å². The number of fused-ring (bicyclic) bond motifs is 6. The van der Waals surface area contributed by atoms with Crippen molar-refractivity contribution in [3.63, 3.8) is 0 Å². The van der Waals surface area contributed by atoms with Gasteiger partial charge in [0.2, 0.25) is 0 Å². The van der Waals surface area contributed by atoms with Crippen molar-refractivity contribution in [2.24, 2.45) is 4.99 Å². The highest BCUT2D eigenvalue weighted by Crippen LogP contribution is 2.44. The van der Waals surface area contributed by atoms with Gasteiger partial charge in [0.1, 0.15) is 5.84 Å². The fraction of sp³-hybridized carbons (Fsp3) is 0.0938. The van der Waals surface area contributed by atoms with E-state index in [1.165, 1.54) is 49.3 Å². The first-order valence-corrected chi connectivity index (χ1v) is 11.8. The van der Waals surface area contributed by atoms with Gasteiger partial charge in [0, 0.05) is 10.8 Å². The van der Waals surface area contributed by atoms with Crippen molar-refractivity contribution in [1.82, 2.24) is 4.57 Å². The second-order valence-electron chi connectivity index (χ2n) is 9.69. The van der Waals surface area contributed by atoms with E-state index < -0.39 is 0 Å². The molecule has 162 valence electrons. The lowest BCUT2D eigenvalue weighted by atomic mass is 9.84. The molecule has 34 heavy (non-hydrogen) atoms. The number of hydrogen-bond donors (Lipinski definition) is 0. The second-order valence-corrected chi connectivity index (χ2v) is 9.69. The lowest BCUT2D eigenvalue weighted by Crippen LogP contribution is -2.31. The predicted octanol–water partition coefficient (Wildman–Crippen LogP) is 8.48. The van der Waals surface area contributed by atoms with Gasteiger partial charge < -0.3 is 0 Å². The maximum Gasteiger partial charge on any atom is 0.124 e. The van der Waals surface area contributed by atoms with Crippen LogP contribution in [0, 0.1) is 0 Å². The zero-order valence-electron chi connectivity index (χ0n) is 19.3. The first kappa shape index (κ1) is 19.3. The number of aromatic nitrogens is 1. The Hall–Kier alpha value is -4.17. The van der Waals surface area contributed by atoms with Gasteiger partial charge in [-0.2, -0.15) is 0 Å². The predicted molar refractivity (Wildman–Crippen MR) is 144 cm³/mol. The Morgan fingerprint density at radius 2 is 1.35 bits per heavy atom. The van der Waals surface area contributed by atoms with E-state index in [2.05, 4.69) is 128 Å². The van der Waals surface area contributed by atoms with E-state index in [-0.39, 0.29) is 5.41 Å². The molecule has 2 heterocycles. The zero-order chi connectivity index (χ0) is 22.9. The highest BCUT2D eigenvalue weighted by molar-refractivity contribution is 6.25. The van der Waals surface area contributed by atoms with Crippen LogP contribution in [-0.2, 0) is 5.41 Å². The van der Waals surface area contributed by atoms with E-state index in [9.17, 15) is 0 Å². The summed E-state index contributed by atoms with van der Waals surface area (Å²) in [7, 11) is 0. The van der Waals surface area contributed by atoms with Crippen molar-refractivity contribution in [3.05, 3.63) is 115 Å². The molecule has 0 N–H and O–H groups in total. The Bertz CT molecular complexity index is 1770. The van der Waals surface area contributed by atoms with Crippen molar-refractivity contribution in [3.8, 4) is 11.1 Å². The molecule has 0 saturated heterocycles. The zero-order valence-corrected chi connectivity index (χ0v) is 19.3. The normalized spacial score (nSPS) is 14.6. The maximum absolute atomic E-state index is 5.19. The third-order valence-electron chi connectivity index (χ3n) is 7.34. The molecule has 0 bridgehead atoms. The Kier molecular flexibility index (Phi) is 3.93. The molecule has 2 heteroatoms. The van der Waals surface area contributed by atoms with Crippen LogP contribution in [0.25, 0.3) is 43.7 Å². The average Bonchev–Trinajstić information content (AvgIpc) is 3.35. The summed E-state index contributed by atoms with van der Waals surface area (Å²) >= 11 is 0. The molecule has 7 rings (SSSR count). The van der Waals surface area contributed by atoms with Gasteiger partial charge in [-0.05, 0) is 65.6 Å². The Balaban J connectivity index is 1.61. The van der Waals surface area contributed by atoms with E-state index in [1.807, 2.05) is 0 Å². The number of nitrogens with zero attached hydrogens (tertiary/aromatic N) is 2. The van der Waals surface area contributed by atoms with Gasteiger partial charge in [0.05, 0.1) is 22.1 Å². The summed E-state index contributed by atoms with van der Waals surface area (Å²) in [5, 5.41) is 5.10. The van der Waals surface area contributed by atoms with Crippen LogP contribution in [0.5, 0.6) is 0 Å². The summed E-state index contributed by atoms with van der Waals surface area (Å²) in [4.78, 5) is 5.19. The Morgan fingerprint density at radius 1 is 0.618 bits per heavy atom. The number of benzene rings is 5. The quantitative estimate of drug-likeness (QED) is 0.246. The fourth-order valence-corrected chi connectivity index (χ4v) is 5.63. The largest absolute Gasteiger partial charge is 0.296 e. The summed E-state index contributed by atoms with van der Waals surface area (Å²) in [5.41, 5.74) is 7.02. The van der Waals surface area contributed by atoms with Gasteiger partial charge >= 0.3 is 0 Å². The lowest BCUT2D eigenvalue weighted by Gasteiger charge is -2.24. The standard InChI is InChI=1S/C32H24N2/c1-32(2)26-14-8-9-15-27(26)33-31(32)34-28-18-17-23(21-10-4-3-5-11-21)20-25(28)30-24-13-7-6-12-22(24)16-19-29(30)34/h3-20H,1-2H3. The summed E-state index contributed by atoms with van der Waals surface area (Å²) in [6, 6.07) is 39.2. The molecule has 0 aliphatic carbocycles. The van der Waals surface area contributed by atoms with E-state index in [4.69, 9.17) is 4.99 Å². The SMILES string of the molecule is CC1(C)C(n2c3ccc(-c4ccccc4)cc3c3c4ccccc4ccc32)=Nc2ccccc21. The van der Waals surface area contributed by atoms with Crippen molar-refractivity contribution in [2.45, 2.75) is 19.3 Å². The van der Waals surface area contributed by atoms with Crippen molar-refractivity contribution < 1.29 is 0 Å². The molecule has 1 aliphatic heterocycles. The molecule has 0 saturated carbocycles. The molecule has 0 atom stereocenters. The highest BCUT2D eigenvalue weighted by atomic mass is 15.1. The molecular weight excluding hydrogens is 412 g/mol. The van der Waals surface area contributed by atoms with Crippen LogP contribution >= 0.6 is 0 Å². The van der Waals surface area contributed by atoms with Gasteiger partial charge in [-0.1, -0.05) is 84.9 Å². The molecule has 0 amide bonds. The van der Waals surface area contributed by atoms with E-state index in [1.54, 1.807) is 0 Å². The monoisotopic (exact) mass is 436 g/mol. The van der Waals surface area contributed by atoms with Crippen molar-refractivity contribution >= 4 is 44.1 Å². The van der Waals surface area contributed by atoms with E-state index in [0.717, 1.165) is 11.5 Å². The maximum atomic E-state index is 5.19. The Morgan fingerprint density at radius 3 is 2.21 bits per heavy atom. The topological polar surface area (TPSA) is 17.3 Å². The molecule has 0 unspecified atom stereocenters. The summed E-state index contributed by atoms with van der Waals surface area (Å²) in [5.74, 6) is 1.08. The van der Waals surface area contributed by atoms with Crippen LogP contribution in [0.2, 0.25) is 0 Å². The van der Waals surface area contributed by atoms with Gasteiger partial charge in [0.15, 0.2) is 0 Å². The second kappa shape index (κ2) is 6.91. The van der Waals surface area contributed by atoms with Crippen LogP contribution in [0.1, 0.15) is 19.4 Å². The average molecular weight is 437 g/mol. The third kappa shape index (κ3) is 2.60. The molecule has 0 fully saturated rings. The first-order chi connectivity index (χ1) is 16.6. The minimum Gasteiger partial charge on any atom is -0.296 e. The molecule has 6 aromatic rings. The number of aliphatic imine (C=N–C) groups is 1.